The van der Waals surface area contributed by atoms with Gasteiger partial charge in [-0.1, -0.05) is 6.08 Å². The SMILES string of the molecule is C=CCCNC1CNC1. The molecule has 0 aliphatic carbocycles. The van der Waals surface area contributed by atoms with Gasteiger partial charge in [0, 0.05) is 19.1 Å². The van der Waals surface area contributed by atoms with Crippen LogP contribution in [0.3, 0.4) is 0 Å². The van der Waals surface area contributed by atoms with Crippen molar-refractivity contribution in [1.82, 2.24) is 10.6 Å². The third-order valence-corrected chi connectivity index (χ3v) is 1.56. The van der Waals surface area contributed by atoms with Crippen molar-refractivity contribution in [2.45, 2.75) is 12.5 Å². The highest BCUT2D eigenvalue weighted by Gasteiger charge is 2.13. The molecule has 0 amide bonds. The summed E-state index contributed by atoms with van der Waals surface area (Å²) in [5.41, 5.74) is 0. The standard InChI is InChI=1S/C7H14N2/c1-2-3-4-9-7-5-8-6-7/h2,7-9H,1,3-6H2. The van der Waals surface area contributed by atoms with Crippen LogP contribution in [-0.2, 0) is 0 Å². The lowest BCUT2D eigenvalue weighted by Gasteiger charge is -2.27. The second-order valence-corrected chi connectivity index (χ2v) is 2.39. The van der Waals surface area contributed by atoms with E-state index in [0.717, 1.165) is 32.1 Å². The Balaban J connectivity index is 1.85. The van der Waals surface area contributed by atoms with Gasteiger partial charge >= 0.3 is 0 Å². The van der Waals surface area contributed by atoms with E-state index < -0.39 is 0 Å². The van der Waals surface area contributed by atoms with Crippen LogP contribution in [-0.4, -0.2) is 25.7 Å². The molecule has 0 bridgehead atoms. The van der Waals surface area contributed by atoms with Gasteiger partial charge in [-0.3, -0.25) is 0 Å². The molecule has 0 aromatic carbocycles. The predicted octanol–water partition coefficient (Wildman–Crippen LogP) is 0.124. The van der Waals surface area contributed by atoms with Crippen molar-refractivity contribution in [2.75, 3.05) is 19.6 Å². The topological polar surface area (TPSA) is 24.1 Å². The van der Waals surface area contributed by atoms with Gasteiger partial charge in [0.15, 0.2) is 0 Å². The Labute approximate surface area is 56.3 Å². The Bertz CT molecular complexity index is 86.9. The second-order valence-electron chi connectivity index (χ2n) is 2.39. The maximum Gasteiger partial charge on any atom is 0.0317 e. The summed E-state index contributed by atoms with van der Waals surface area (Å²) in [6.07, 6.45) is 3.02. The van der Waals surface area contributed by atoms with E-state index in [1.54, 1.807) is 0 Å². The summed E-state index contributed by atoms with van der Waals surface area (Å²) in [6.45, 7) is 7.00. The van der Waals surface area contributed by atoms with Crippen LogP contribution >= 0.6 is 0 Å². The molecule has 2 heteroatoms. The van der Waals surface area contributed by atoms with Gasteiger partial charge in [-0.05, 0) is 13.0 Å². The lowest BCUT2D eigenvalue weighted by molar-refractivity contribution is 0.370. The van der Waals surface area contributed by atoms with Crippen molar-refractivity contribution in [3.63, 3.8) is 0 Å². The molecule has 0 aromatic rings. The zero-order valence-corrected chi connectivity index (χ0v) is 5.69. The monoisotopic (exact) mass is 126 g/mol. The summed E-state index contributed by atoms with van der Waals surface area (Å²) in [5.74, 6) is 0. The van der Waals surface area contributed by atoms with E-state index in [0.29, 0.717) is 0 Å². The average molecular weight is 126 g/mol. The van der Waals surface area contributed by atoms with Crippen LogP contribution in [0.15, 0.2) is 12.7 Å². The molecule has 0 aromatic heterocycles. The van der Waals surface area contributed by atoms with E-state index in [2.05, 4.69) is 17.2 Å². The first-order valence-corrected chi connectivity index (χ1v) is 3.48. The normalized spacial score (nSPS) is 19.1. The van der Waals surface area contributed by atoms with E-state index in [-0.39, 0.29) is 0 Å². The molecule has 1 fully saturated rings. The van der Waals surface area contributed by atoms with Crippen LogP contribution in [0.1, 0.15) is 6.42 Å². The van der Waals surface area contributed by atoms with Crippen LogP contribution < -0.4 is 10.6 Å². The van der Waals surface area contributed by atoms with E-state index in [4.69, 9.17) is 0 Å². The Morgan fingerprint density at radius 1 is 1.67 bits per heavy atom. The van der Waals surface area contributed by atoms with Crippen molar-refractivity contribution in [3.8, 4) is 0 Å². The van der Waals surface area contributed by atoms with Crippen molar-refractivity contribution in [3.05, 3.63) is 12.7 Å². The number of rotatable bonds is 4. The van der Waals surface area contributed by atoms with Gasteiger partial charge in [-0.2, -0.15) is 0 Å². The summed E-state index contributed by atoms with van der Waals surface area (Å²) in [4.78, 5) is 0. The third-order valence-electron chi connectivity index (χ3n) is 1.56. The molecule has 1 heterocycles. The summed E-state index contributed by atoms with van der Waals surface area (Å²) in [5, 5.41) is 6.59. The van der Waals surface area contributed by atoms with Crippen molar-refractivity contribution in [2.24, 2.45) is 0 Å². The minimum Gasteiger partial charge on any atom is -0.314 e. The van der Waals surface area contributed by atoms with Crippen LogP contribution in [0.25, 0.3) is 0 Å². The summed E-state index contributed by atoms with van der Waals surface area (Å²) in [7, 11) is 0. The number of hydrogen-bond donors (Lipinski definition) is 2. The lowest BCUT2D eigenvalue weighted by Crippen LogP contribution is -2.55. The first-order valence-electron chi connectivity index (χ1n) is 3.48. The molecule has 1 saturated heterocycles. The smallest absolute Gasteiger partial charge is 0.0317 e. The minimum atomic E-state index is 0.727. The Hall–Kier alpha value is -0.340. The van der Waals surface area contributed by atoms with Gasteiger partial charge in [0.05, 0.1) is 0 Å². The largest absolute Gasteiger partial charge is 0.314 e. The highest BCUT2D eigenvalue weighted by atomic mass is 15.1. The summed E-state index contributed by atoms with van der Waals surface area (Å²) in [6, 6.07) is 0.727. The molecule has 0 atom stereocenters. The van der Waals surface area contributed by atoms with Crippen molar-refractivity contribution in [1.29, 1.82) is 0 Å². The van der Waals surface area contributed by atoms with Crippen LogP contribution in [0, 0.1) is 0 Å². The van der Waals surface area contributed by atoms with Gasteiger partial charge in [0.2, 0.25) is 0 Å². The fourth-order valence-corrected chi connectivity index (χ4v) is 0.823. The predicted molar refractivity (Wildman–Crippen MR) is 39.5 cm³/mol. The molecular formula is C7H14N2. The Morgan fingerprint density at radius 3 is 2.89 bits per heavy atom. The first kappa shape index (κ1) is 6.78. The first-order chi connectivity index (χ1) is 4.43. The van der Waals surface area contributed by atoms with Crippen molar-refractivity contribution < 1.29 is 0 Å². The van der Waals surface area contributed by atoms with Gasteiger partial charge < -0.3 is 10.6 Å². The molecule has 0 radical (unpaired) electrons. The van der Waals surface area contributed by atoms with Gasteiger partial charge in [0.25, 0.3) is 0 Å². The molecule has 2 nitrogen and oxygen atoms in total. The molecule has 0 saturated carbocycles. The molecule has 2 N–H and O–H groups in total. The molecule has 1 rings (SSSR count). The lowest BCUT2D eigenvalue weighted by atomic mass is 10.2. The van der Waals surface area contributed by atoms with Gasteiger partial charge in [-0.25, -0.2) is 0 Å². The van der Waals surface area contributed by atoms with E-state index in [1.165, 1.54) is 0 Å². The van der Waals surface area contributed by atoms with Gasteiger partial charge in [0.1, 0.15) is 0 Å². The fraction of sp³-hybridized carbons (Fsp3) is 0.714. The van der Waals surface area contributed by atoms with Gasteiger partial charge in [-0.15, -0.1) is 6.58 Å². The second kappa shape index (κ2) is 3.64. The molecule has 0 unspecified atom stereocenters. The van der Waals surface area contributed by atoms with E-state index in [9.17, 15) is 0 Å². The third kappa shape index (κ3) is 2.16. The average Bonchev–Trinajstić information content (AvgIpc) is 1.76. The van der Waals surface area contributed by atoms with Crippen LogP contribution in [0.5, 0.6) is 0 Å². The molecular weight excluding hydrogens is 112 g/mol. The van der Waals surface area contributed by atoms with Crippen molar-refractivity contribution >= 4 is 0 Å². The quantitative estimate of drug-likeness (QED) is 0.413. The Kier molecular flexibility index (Phi) is 2.74. The van der Waals surface area contributed by atoms with E-state index in [1.807, 2.05) is 6.08 Å². The minimum absolute atomic E-state index is 0.727. The van der Waals surface area contributed by atoms with Crippen LogP contribution in [0.2, 0.25) is 0 Å². The fourth-order valence-electron chi connectivity index (χ4n) is 0.823. The number of hydrogen-bond acceptors (Lipinski definition) is 2. The van der Waals surface area contributed by atoms with Crippen LogP contribution in [0.4, 0.5) is 0 Å². The summed E-state index contributed by atoms with van der Waals surface area (Å²) >= 11 is 0. The zero-order chi connectivity index (χ0) is 6.53. The molecule has 1 aliphatic heterocycles. The summed E-state index contributed by atoms with van der Waals surface area (Å²) < 4.78 is 0. The highest BCUT2D eigenvalue weighted by molar-refractivity contribution is 4.82. The molecule has 0 spiro atoms. The highest BCUT2D eigenvalue weighted by Crippen LogP contribution is 1.89. The number of nitrogens with one attached hydrogen (secondary N) is 2. The maximum absolute atomic E-state index is 3.65. The Morgan fingerprint density at radius 2 is 2.44 bits per heavy atom. The zero-order valence-electron chi connectivity index (χ0n) is 5.69. The maximum atomic E-state index is 3.65. The molecule has 52 valence electrons. The molecule has 9 heavy (non-hydrogen) atoms. The molecule has 1 aliphatic rings. The van der Waals surface area contributed by atoms with E-state index >= 15 is 0 Å².